The van der Waals surface area contributed by atoms with Gasteiger partial charge in [0, 0.05) is 13.0 Å². The summed E-state index contributed by atoms with van der Waals surface area (Å²) in [6, 6.07) is 0. The number of carbonyl (C=O) groups excluding carboxylic acids is 1. The van der Waals surface area contributed by atoms with Gasteiger partial charge in [0.25, 0.3) is 0 Å². The molecule has 64 valence electrons. The largest absolute Gasteiger partial charge is 0.400 e. The zero-order chi connectivity index (χ0) is 8.27. The van der Waals surface area contributed by atoms with Crippen LogP contribution in [0.15, 0.2) is 0 Å². The summed E-state index contributed by atoms with van der Waals surface area (Å²) in [6.07, 6.45) is 6.45. The summed E-state index contributed by atoms with van der Waals surface area (Å²) in [5.41, 5.74) is 0. The van der Waals surface area contributed by atoms with Gasteiger partial charge in [0.15, 0.2) is 0 Å². The number of rotatable bonds is 1. The first-order valence-electron chi connectivity index (χ1n) is 4.30. The topological polar surface area (TPSA) is 37.3 Å². The van der Waals surface area contributed by atoms with E-state index in [1.165, 1.54) is 32.0 Å². The monoisotopic (exact) mass is 156 g/mol. The van der Waals surface area contributed by atoms with Crippen molar-refractivity contribution < 1.29 is 9.90 Å². The standard InChI is InChI=1S/C8H12O.CH4O/c9-5-8-4-6-1-2-7(8)3-6;1-2/h5-8H,1-4H2;2H,1H3. The van der Waals surface area contributed by atoms with Crippen LogP contribution in [0.4, 0.5) is 0 Å². The predicted octanol–water partition coefficient (Wildman–Crippen LogP) is 1.23. The van der Waals surface area contributed by atoms with E-state index in [0.29, 0.717) is 5.92 Å². The molecular formula is C9H16O2. The fourth-order valence-electron chi connectivity index (χ4n) is 2.46. The van der Waals surface area contributed by atoms with Crippen molar-refractivity contribution in [2.24, 2.45) is 17.8 Å². The molecule has 2 aliphatic carbocycles. The normalized spacial score (nSPS) is 39.6. The maximum atomic E-state index is 10.4. The van der Waals surface area contributed by atoms with E-state index in [-0.39, 0.29) is 0 Å². The lowest BCUT2D eigenvalue weighted by molar-refractivity contribution is -0.112. The van der Waals surface area contributed by atoms with Crippen molar-refractivity contribution in [3.05, 3.63) is 0 Å². The van der Waals surface area contributed by atoms with E-state index in [9.17, 15) is 4.79 Å². The average Bonchev–Trinajstić information content (AvgIpc) is 2.67. The highest BCUT2D eigenvalue weighted by Gasteiger charge is 2.38. The van der Waals surface area contributed by atoms with Crippen LogP contribution >= 0.6 is 0 Å². The summed E-state index contributed by atoms with van der Waals surface area (Å²) in [5.74, 6) is 2.15. The van der Waals surface area contributed by atoms with E-state index >= 15 is 0 Å². The number of aldehydes is 1. The van der Waals surface area contributed by atoms with Crippen LogP contribution in [-0.2, 0) is 4.79 Å². The minimum absolute atomic E-state index is 0.448. The number of fused-ring (bicyclic) bond motifs is 2. The van der Waals surface area contributed by atoms with Crippen LogP contribution in [0.25, 0.3) is 0 Å². The molecular weight excluding hydrogens is 140 g/mol. The molecule has 0 aromatic rings. The fourth-order valence-corrected chi connectivity index (χ4v) is 2.46. The van der Waals surface area contributed by atoms with E-state index in [2.05, 4.69) is 0 Å². The van der Waals surface area contributed by atoms with E-state index in [0.717, 1.165) is 18.9 Å². The number of aliphatic hydroxyl groups is 1. The maximum absolute atomic E-state index is 10.4. The molecule has 0 aliphatic heterocycles. The van der Waals surface area contributed by atoms with Crippen molar-refractivity contribution >= 4 is 6.29 Å². The molecule has 2 bridgehead atoms. The average molecular weight is 156 g/mol. The van der Waals surface area contributed by atoms with Gasteiger partial charge in [-0.2, -0.15) is 0 Å². The van der Waals surface area contributed by atoms with Crippen molar-refractivity contribution in [1.29, 1.82) is 0 Å². The minimum atomic E-state index is 0.448. The summed E-state index contributed by atoms with van der Waals surface area (Å²) < 4.78 is 0. The Morgan fingerprint density at radius 2 is 2.00 bits per heavy atom. The van der Waals surface area contributed by atoms with Gasteiger partial charge in [-0.25, -0.2) is 0 Å². The molecule has 3 unspecified atom stereocenters. The first kappa shape index (κ1) is 8.72. The minimum Gasteiger partial charge on any atom is -0.400 e. The summed E-state index contributed by atoms with van der Waals surface area (Å²) >= 11 is 0. The Hall–Kier alpha value is -0.370. The van der Waals surface area contributed by atoms with Gasteiger partial charge in [-0.1, -0.05) is 6.42 Å². The molecule has 11 heavy (non-hydrogen) atoms. The third-order valence-electron chi connectivity index (χ3n) is 2.97. The molecule has 1 N–H and O–H groups in total. The van der Waals surface area contributed by atoms with Crippen molar-refractivity contribution in [3.63, 3.8) is 0 Å². The van der Waals surface area contributed by atoms with Gasteiger partial charge in [0.05, 0.1) is 0 Å². The van der Waals surface area contributed by atoms with E-state index < -0.39 is 0 Å². The summed E-state index contributed by atoms with van der Waals surface area (Å²) in [7, 11) is 1.00. The molecule has 0 aromatic heterocycles. The summed E-state index contributed by atoms with van der Waals surface area (Å²) in [6.45, 7) is 0. The third-order valence-corrected chi connectivity index (χ3v) is 2.97. The Kier molecular flexibility index (Phi) is 3.06. The lowest BCUT2D eigenvalue weighted by Gasteiger charge is -2.14. The Morgan fingerprint density at radius 1 is 1.27 bits per heavy atom. The first-order chi connectivity index (χ1) is 5.40. The highest BCUT2D eigenvalue weighted by molar-refractivity contribution is 5.55. The third kappa shape index (κ3) is 1.62. The summed E-state index contributed by atoms with van der Waals surface area (Å²) in [4.78, 5) is 10.4. The zero-order valence-corrected chi connectivity index (χ0v) is 6.99. The van der Waals surface area contributed by atoms with Crippen molar-refractivity contribution in [2.45, 2.75) is 25.7 Å². The second-order valence-corrected chi connectivity index (χ2v) is 3.47. The first-order valence-corrected chi connectivity index (χ1v) is 4.30. The van der Waals surface area contributed by atoms with Crippen LogP contribution in [0.1, 0.15) is 25.7 Å². The molecule has 2 saturated carbocycles. The molecule has 3 atom stereocenters. The number of hydrogen-bond donors (Lipinski definition) is 1. The molecule has 0 aromatic carbocycles. The molecule has 0 heterocycles. The van der Waals surface area contributed by atoms with Gasteiger partial charge in [-0.3, -0.25) is 0 Å². The SMILES string of the molecule is CO.O=CC1CC2CCC1C2. The van der Waals surface area contributed by atoms with Crippen LogP contribution in [0, 0.1) is 17.8 Å². The van der Waals surface area contributed by atoms with Gasteiger partial charge in [-0.15, -0.1) is 0 Å². The number of carbonyl (C=O) groups is 1. The highest BCUT2D eigenvalue weighted by Crippen LogP contribution is 2.47. The van der Waals surface area contributed by atoms with Crippen LogP contribution in [-0.4, -0.2) is 18.5 Å². The van der Waals surface area contributed by atoms with Crippen molar-refractivity contribution in [1.82, 2.24) is 0 Å². The second kappa shape index (κ2) is 3.86. The Bertz CT molecular complexity index is 134. The Morgan fingerprint density at radius 3 is 2.27 bits per heavy atom. The van der Waals surface area contributed by atoms with Crippen LogP contribution in [0.5, 0.6) is 0 Å². The van der Waals surface area contributed by atoms with Crippen LogP contribution < -0.4 is 0 Å². The van der Waals surface area contributed by atoms with E-state index in [1.54, 1.807) is 0 Å². The van der Waals surface area contributed by atoms with Gasteiger partial charge >= 0.3 is 0 Å². The smallest absolute Gasteiger partial charge is 0.123 e. The molecule has 2 rings (SSSR count). The molecule has 2 aliphatic rings. The fraction of sp³-hybridized carbons (Fsp3) is 0.889. The van der Waals surface area contributed by atoms with Crippen LogP contribution in [0.2, 0.25) is 0 Å². The molecule has 0 radical (unpaired) electrons. The molecule has 2 fully saturated rings. The molecule has 0 spiro atoms. The predicted molar refractivity (Wildman–Crippen MR) is 43.1 cm³/mol. The highest BCUT2D eigenvalue weighted by atomic mass is 16.2. The van der Waals surface area contributed by atoms with Gasteiger partial charge in [0.2, 0.25) is 0 Å². The lowest BCUT2D eigenvalue weighted by atomic mass is 9.90. The number of aliphatic hydroxyl groups excluding tert-OH is 1. The van der Waals surface area contributed by atoms with E-state index in [1.807, 2.05) is 0 Å². The van der Waals surface area contributed by atoms with Gasteiger partial charge in [-0.05, 0) is 31.1 Å². The molecule has 2 nitrogen and oxygen atoms in total. The Labute approximate surface area is 67.6 Å². The summed E-state index contributed by atoms with van der Waals surface area (Å²) in [5, 5.41) is 7.00. The van der Waals surface area contributed by atoms with Gasteiger partial charge < -0.3 is 9.90 Å². The molecule has 2 heteroatoms. The molecule has 0 amide bonds. The van der Waals surface area contributed by atoms with Gasteiger partial charge in [0.1, 0.15) is 6.29 Å². The van der Waals surface area contributed by atoms with Crippen molar-refractivity contribution in [3.8, 4) is 0 Å². The quantitative estimate of drug-likeness (QED) is 0.580. The van der Waals surface area contributed by atoms with E-state index in [4.69, 9.17) is 5.11 Å². The maximum Gasteiger partial charge on any atom is 0.123 e. The number of hydrogen-bond acceptors (Lipinski definition) is 2. The van der Waals surface area contributed by atoms with Crippen molar-refractivity contribution in [2.75, 3.05) is 7.11 Å². The molecule has 0 saturated heterocycles. The lowest BCUT2D eigenvalue weighted by Crippen LogP contribution is -2.10. The second-order valence-electron chi connectivity index (χ2n) is 3.47. The zero-order valence-electron chi connectivity index (χ0n) is 6.99. The Balaban J connectivity index is 0.000000281. The van der Waals surface area contributed by atoms with Crippen LogP contribution in [0.3, 0.4) is 0 Å².